The summed E-state index contributed by atoms with van der Waals surface area (Å²) < 4.78 is 17.4. The number of amides is 1. The van der Waals surface area contributed by atoms with E-state index in [1.165, 1.54) is 18.2 Å². The molecule has 2 atom stereocenters. The number of nitrogens with zero attached hydrogens (tertiary/aromatic N) is 3. The zero-order chi connectivity index (χ0) is 27.9. The second kappa shape index (κ2) is 12.3. The molecule has 0 unspecified atom stereocenters. The number of nitrogens with one attached hydrogen (secondary N) is 1. The van der Waals surface area contributed by atoms with Crippen molar-refractivity contribution in [2.24, 2.45) is 5.41 Å². The fourth-order valence-corrected chi connectivity index (χ4v) is 5.68. The molecule has 1 heterocycles. The molecule has 10 heteroatoms. The van der Waals surface area contributed by atoms with E-state index in [1.807, 2.05) is 30.3 Å². The predicted molar refractivity (Wildman–Crippen MR) is 146 cm³/mol. The number of hydrogen-bond acceptors (Lipinski definition) is 8. The minimum absolute atomic E-state index is 0.0838. The Morgan fingerprint density at radius 2 is 2.03 bits per heavy atom. The molecule has 1 spiro atoms. The molecule has 39 heavy (non-hydrogen) atoms. The average Bonchev–Trinajstić information content (AvgIpc) is 3.23. The predicted octanol–water partition coefficient (Wildman–Crippen LogP) is 5.66. The zero-order valence-electron chi connectivity index (χ0n) is 22.6. The second-order valence-corrected chi connectivity index (χ2v) is 10.6. The first-order valence-electron chi connectivity index (χ1n) is 13.4. The number of carbonyl (C=O) groups excluding carboxylic acids is 1. The van der Waals surface area contributed by atoms with Gasteiger partial charge in [-0.05, 0) is 61.9 Å². The van der Waals surface area contributed by atoms with Gasteiger partial charge < -0.3 is 19.5 Å². The summed E-state index contributed by atoms with van der Waals surface area (Å²) in [5.41, 5.74) is 0.490. The van der Waals surface area contributed by atoms with Gasteiger partial charge in [0.15, 0.2) is 0 Å². The fraction of sp³-hybridized carbons (Fsp3) is 0.517. The number of unbranched alkanes of at least 4 members (excludes halogenated alkanes) is 1. The molecular formula is C29H36N4O6. The molecule has 2 fully saturated rings. The second-order valence-electron chi connectivity index (χ2n) is 10.6. The summed E-state index contributed by atoms with van der Waals surface area (Å²) in [6.07, 6.45) is 4.61. The molecule has 1 N–H and O–H groups in total. The van der Waals surface area contributed by atoms with Crippen LogP contribution in [-0.2, 0) is 16.0 Å². The highest BCUT2D eigenvalue weighted by atomic mass is 16.6. The maximum Gasteiger partial charge on any atom is 0.410 e. The quantitative estimate of drug-likeness (QED) is 0.209. The molecule has 0 bridgehead atoms. The highest BCUT2D eigenvalue weighted by molar-refractivity contribution is 5.71. The Hall–Kier alpha value is -3.84. The van der Waals surface area contributed by atoms with Gasteiger partial charge in [-0.3, -0.25) is 15.0 Å². The van der Waals surface area contributed by atoms with Gasteiger partial charge in [-0.2, -0.15) is 5.26 Å². The third-order valence-corrected chi connectivity index (χ3v) is 7.64. The van der Waals surface area contributed by atoms with Crippen LogP contribution in [0.3, 0.4) is 0 Å². The van der Waals surface area contributed by atoms with Crippen LogP contribution < -0.4 is 10.1 Å². The molecule has 1 amide bonds. The number of methoxy groups -OCH3 is 1. The van der Waals surface area contributed by atoms with E-state index < -0.39 is 15.9 Å². The van der Waals surface area contributed by atoms with Gasteiger partial charge >= 0.3 is 6.09 Å². The summed E-state index contributed by atoms with van der Waals surface area (Å²) in [4.78, 5) is 25.9. The lowest BCUT2D eigenvalue weighted by atomic mass is 9.67. The summed E-state index contributed by atoms with van der Waals surface area (Å²) in [7, 11) is 1.62. The van der Waals surface area contributed by atoms with Crippen molar-refractivity contribution in [3.05, 3.63) is 63.7 Å². The molecule has 208 valence electrons. The van der Waals surface area contributed by atoms with Crippen molar-refractivity contribution >= 4 is 17.5 Å². The van der Waals surface area contributed by atoms with Gasteiger partial charge in [-0.15, -0.1) is 0 Å². The number of carbonyl (C=O) groups is 1. The Bertz CT molecular complexity index is 1210. The molecule has 1 aliphatic heterocycles. The SMILES string of the molecule is CCCCOC[C@]1(CNc2cc(C#N)ccc2[N+](=O)[O-])CCC[C@@]2(CN(Cc3ccc(OC)cc3)C(=O)O2)C1. The molecule has 10 nitrogen and oxygen atoms in total. The molecule has 2 aromatic carbocycles. The largest absolute Gasteiger partial charge is 0.497 e. The van der Waals surface area contributed by atoms with Gasteiger partial charge in [0, 0.05) is 31.2 Å². The molecule has 0 aromatic heterocycles. The summed E-state index contributed by atoms with van der Waals surface area (Å²) >= 11 is 0. The lowest BCUT2D eigenvalue weighted by Gasteiger charge is -2.45. The van der Waals surface area contributed by atoms with Crippen molar-refractivity contribution in [2.45, 2.75) is 57.6 Å². The fourth-order valence-electron chi connectivity index (χ4n) is 5.68. The maximum absolute atomic E-state index is 13.0. The van der Waals surface area contributed by atoms with Crippen LogP contribution in [-0.4, -0.2) is 54.9 Å². The van der Waals surface area contributed by atoms with E-state index in [4.69, 9.17) is 14.2 Å². The van der Waals surface area contributed by atoms with Crippen molar-refractivity contribution in [3.8, 4) is 11.8 Å². The van der Waals surface area contributed by atoms with Crippen LogP contribution in [0, 0.1) is 26.9 Å². The zero-order valence-corrected chi connectivity index (χ0v) is 22.6. The van der Waals surface area contributed by atoms with Crippen molar-refractivity contribution in [3.63, 3.8) is 0 Å². The summed E-state index contributed by atoms with van der Waals surface area (Å²) in [5, 5.41) is 24.2. The standard InChI is InChI=1S/C29H36N4O6/c1-3-4-14-38-21-28(19-31-25-15-23(16-30)8-11-26(25)33(35)36)12-5-13-29(18-28)20-32(27(34)39-29)17-22-6-9-24(37-2)10-7-22/h6-11,15,31H,3-5,12-14,17-21H2,1-2H3/t28-,29+/m1/s1. The molecule has 1 saturated carbocycles. The highest BCUT2D eigenvalue weighted by Gasteiger charge is 2.52. The van der Waals surface area contributed by atoms with E-state index in [1.54, 1.807) is 12.0 Å². The number of nitro benzene ring substituents is 1. The number of ether oxygens (including phenoxy) is 3. The number of nitro groups is 1. The molecule has 0 radical (unpaired) electrons. The topological polar surface area (TPSA) is 127 Å². The molecule has 4 rings (SSSR count). The first-order valence-corrected chi connectivity index (χ1v) is 13.4. The van der Waals surface area contributed by atoms with Crippen LogP contribution in [0.2, 0.25) is 0 Å². The molecular weight excluding hydrogens is 500 g/mol. The molecule has 2 aliphatic rings. The number of rotatable bonds is 12. The van der Waals surface area contributed by atoms with E-state index >= 15 is 0 Å². The van der Waals surface area contributed by atoms with Crippen LogP contribution in [0.1, 0.15) is 56.6 Å². The Morgan fingerprint density at radius 3 is 2.72 bits per heavy atom. The van der Waals surface area contributed by atoms with Gasteiger partial charge in [0.25, 0.3) is 5.69 Å². The summed E-state index contributed by atoms with van der Waals surface area (Å²) in [6, 6.07) is 14.0. The van der Waals surface area contributed by atoms with Gasteiger partial charge in [-0.25, -0.2) is 4.79 Å². The van der Waals surface area contributed by atoms with Gasteiger partial charge in [0.2, 0.25) is 0 Å². The summed E-state index contributed by atoms with van der Waals surface area (Å²) in [6.45, 7) is 4.48. The van der Waals surface area contributed by atoms with Gasteiger partial charge in [-0.1, -0.05) is 25.5 Å². The Morgan fingerprint density at radius 1 is 1.23 bits per heavy atom. The van der Waals surface area contributed by atoms with Crippen LogP contribution in [0.4, 0.5) is 16.2 Å². The lowest BCUT2D eigenvalue weighted by Crippen LogP contribution is -2.49. The summed E-state index contributed by atoms with van der Waals surface area (Å²) in [5.74, 6) is 0.757. The smallest absolute Gasteiger partial charge is 0.410 e. The van der Waals surface area contributed by atoms with Crippen LogP contribution in [0.15, 0.2) is 42.5 Å². The van der Waals surface area contributed by atoms with Crippen LogP contribution in [0.5, 0.6) is 5.75 Å². The third-order valence-electron chi connectivity index (χ3n) is 7.64. The van der Waals surface area contributed by atoms with Gasteiger partial charge in [0.1, 0.15) is 17.0 Å². The normalized spacial score (nSPS) is 22.4. The van der Waals surface area contributed by atoms with Crippen molar-refractivity contribution in [1.82, 2.24) is 4.90 Å². The van der Waals surface area contributed by atoms with E-state index in [0.717, 1.165) is 43.4 Å². The number of nitriles is 1. The van der Waals surface area contributed by atoms with Crippen LogP contribution >= 0.6 is 0 Å². The first kappa shape index (κ1) is 28.2. The maximum atomic E-state index is 13.0. The number of anilines is 1. The number of benzene rings is 2. The van der Waals surface area contributed by atoms with Crippen molar-refractivity contribution in [1.29, 1.82) is 5.26 Å². The van der Waals surface area contributed by atoms with Crippen LogP contribution in [0.25, 0.3) is 0 Å². The van der Waals surface area contributed by atoms with Gasteiger partial charge in [0.05, 0.1) is 36.8 Å². The molecule has 1 aliphatic carbocycles. The van der Waals surface area contributed by atoms with E-state index in [2.05, 4.69) is 12.2 Å². The third kappa shape index (κ3) is 6.79. The Balaban J connectivity index is 1.52. The van der Waals surface area contributed by atoms with Crippen molar-refractivity contribution in [2.75, 3.05) is 38.7 Å². The highest BCUT2D eigenvalue weighted by Crippen LogP contribution is 2.47. The van der Waals surface area contributed by atoms with E-state index in [-0.39, 0.29) is 11.8 Å². The van der Waals surface area contributed by atoms with E-state index in [0.29, 0.717) is 50.5 Å². The lowest BCUT2D eigenvalue weighted by molar-refractivity contribution is -0.384. The monoisotopic (exact) mass is 536 g/mol. The van der Waals surface area contributed by atoms with Crippen molar-refractivity contribution < 1.29 is 23.9 Å². The minimum atomic E-state index is -0.655. The Labute approximate surface area is 229 Å². The first-order chi connectivity index (χ1) is 18.8. The molecule has 1 saturated heterocycles. The average molecular weight is 537 g/mol. The molecule has 2 aromatic rings. The minimum Gasteiger partial charge on any atom is -0.497 e. The Kier molecular flexibility index (Phi) is 8.92. The van der Waals surface area contributed by atoms with E-state index in [9.17, 15) is 20.2 Å². The number of hydrogen-bond donors (Lipinski definition) is 1.